The zero-order chi connectivity index (χ0) is 16.8. The molecule has 124 valence electrons. The quantitative estimate of drug-likeness (QED) is 0.798. The van der Waals surface area contributed by atoms with Crippen molar-refractivity contribution in [2.75, 3.05) is 19.5 Å². The Bertz CT molecular complexity index is 459. The number of nitrogens with zero attached hydrogens (tertiary/aromatic N) is 1. The topological polar surface area (TPSA) is 60.5 Å². The second kappa shape index (κ2) is 8.13. The molecule has 1 aromatic rings. The highest BCUT2D eigenvalue weighted by Crippen LogP contribution is 2.30. The van der Waals surface area contributed by atoms with Crippen LogP contribution in [0.2, 0.25) is 0 Å². The predicted molar refractivity (Wildman–Crippen MR) is 88.1 cm³/mol. The molecule has 1 heterocycles. The van der Waals surface area contributed by atoms with E-state index in [4.69, 9.17) is 9.47 Å². The van der Waals surface area contributed by atoms with Gasteiger partial charge in [0.05, 0.1) is 19.0 Å². The van der Waals surface area contributed by atoms with Crippen LogP contribution >= 0.6 is 0 Å². The number of ether oxygens (including phenoxy) is 2. The van der Waals surface area contributed by atoms with Gasteiger partial charge >= 0.3 is 0 Å². The average molecular weight is 308 g/mol. The van der Waals surface area contributed by atoms with Gasteiger partial charge in [0.1, 0.15) is 5.60 Å². The third-order valence-corrected chi connectivity index (χ3v) is 3.48. The largest absolute Gasteiger partial charge is 0.481 e. The second-order valence-corrected chi connectivity index (χ2v) is 6.44. The lowest BCUT2D eigenvalue weighted by Gasteiger charge is -2.34. The van der Waals surface area contributed by atoms with Crippen molar-refractivity contribution in [3.8, 4) is 5.88 Å². The molecular formula is C17H28N2O3. The van der Waals surface area contributed by atoms with Gasteiger partial charge in [0.2, 0.25) is 5.88 Å². The molecule has 0 saturated heterocycles. The van der Waals surface area contributed by atoms with Gasteiger partial charge in [-0.1, -0.05) is 27.7 Å². The molecule has 0 saturated carbocycles. The van der Waals surface area contributed by atoms with E-state index in [-0.39, 0.29) is 5.91 Å². The summed E-state index contributed by atoms with van der Waals surface area (Å²) in [6.07, 6.45) is 2.94. The molecule has 22 heavy (non-hydrogen) atoms. The molecule has 1 aromatic heterocycles. The number of methoxy groups -OCH3 is 2. The Morgan fingerprint density at radius 3 is 2.14 bits per heavy atom. The van der Waals surface area contributed by atoms with Crippen LogP contribution < -0.4 is 10.1 Å². The Morgan fingerprint density at radius 1 is 1.18 bits per heavy atom. The van der Waals surface area contributed by atoms with Crippen molar-refractivity contribution in [3.05, 3.63) is 18.3 Å². The molecule has 0 atom stereocenters. The molecule has 5 nitrogen and oxygen atoms in total. The van der Waals surface area contributed by atoms with E-state index in [0.29, 0.717) is 36.2 Å². The van der Waals surface area contributed by atoms with E-state index in [1.807, 2.05) is 0 Å². The summed E-state index contributed by atoms with van der Waals surface area (Å²) in [6.45, 7) is 8.37. The normalized spacial score (nSPS) is 11.8. The van der Waals surface area contributed by atoms with E-state index in [9.17, 15) is 4.79 Å². The Hall–Kier alpha value is -1.62. The van der Waals surface area contributed by atoms with E-state index in [0.717, 1.165) is 0 Å². The Balaban J connectivity index is 2.94. The zero-order valence-corrected chi connectivity index (χ0v) is 14.5. The Morgan fingerprint density at radius 2 is 1.77 bits per heavy atom. The summed E-state index contributed by atoms with van der Waals surface area (Å²) >= 11 is 0. The highest BCUT2D eigenvalue weighted by atomic mass is 16.5. The number of hydrogen-bond donors (Lipinski definition) is 1. The second-order valence-electron chi connectivity index (χ2n) is 6.44. The summed E-state index contributed by atoms with van der Waals surface area (Å²) in [6, 6.07) is 3.49. The van der Waals surface area contributed by atoms with Gasteiger partial charge in [0.15, 0.2) is 0 Å². The summed E-state index contributed by atoms with van der Waals surface area (Å²) in [7, 11) is 3.17. The fraction of sp³-hybridized carbons (Fsp3) is 0.647. The van der Waals surface area contributed by atoms with Gasteiger partial charge in [-0.15, -0.1) is 0 Å². The van der Waals surface area contributed by atoms with Gasteiger partial charge in [0.25, 0.3) is 5.91 Å². The zero-order valence-electron chi connectivity index (χ0n) is 14.5. The summed E-state index contributed by atoms with van der Waals surface area (Å²) in [5.74, 6) is 1.11. The number of carbonyl (C=O) groups excluding carboxylic acids is 1. The van der Waals surface area contributed by atoms with Crippen LogP contribution in [0.3, 0.4) is 0 Å². The third kappa shape index (κ3) is 4.98. The molecule has 0 bridgehead atoms. The first-order chi connectivity index (χ1) is 10.3. The molecule has 0 spiro atoms. The first-order valence-corrected chi connectivity index (χ1v) is 7.69. The van der Waals surface area contributed by atoms with Gasteiger partial charge in [0, 0.05) is 13.2 Å². The van der Waals surface area contributed by atoms with Gasteiger partial charge in [-0.3, -0.25) is 4.79 Å². The molecular weight excluding hydrogens is 280 g/mol. The van der Waals surface area contributed by atoms with Crippen LogP contribution in [0.15, 0.2) is 18.3 Å². The van der Waals surface area contributed by atoms with Crippen molar-refractivity contribution in [1.29, 1.82) is 0 Å². The summed E-state index contributed by atoms with van der Waals surface area (Å²) in [4.78, 5) is 16.9. The highest BCUT2D eigenvalue weighted by molar-refractivity contribution is 5.97. The monoisotopic (exact) mass is 308 g/mol. The summed E-state index contributed by atoms with van der Waals surface area (Å²) < 4.78 is 10.7. The van der Waals surface area contributed by atoms with Crippen molar-refractivity contribution in [2.24, 2.45) is 11.8 Å². The molecule has 1 N–H and O–H groups in total. The molecule has 0 fully saturated rings. The molecule has 0 aliphatic carbocycles. The fourth-order valence-corrected chi connectivity index (χ4v) is 2.67. The number of aromatic nitrogens is 1. The van der Waals surface area contributed by atoms with Crippen LogP contribution in [-0.2, 0) is 9.53 Å². The molecule has 0 unspecified atom stereocenters. The number of anilines is 1. The molecule has 1 amide bonds. The number of pyridine rings is 1. The number of nitrogens with one attached hydrogen (secondary N) is 1. The van der Waals surface area contributed by atoms with E-state index in [2.05, 4.69) is 38.0 Å². The number of rotatable bonds is 8. The van der Waals surface area contributed by atoms with Crippen LogP contribution in [0.25, 0.3) is 0 Å². The van der Waals surface area contributed by atoms with Crippen molar-refractivity contribution >= 4 is 11.6 Å². The lowest BCUT2D eigenvalue weighted by Crippen LogP contribution is -2.46. The average Bonchev–Trinajstić information content (AvgIpc) is 2.46. The van der Waals surface area contributed by atoms with Gasteiger partial charge in [-0.2, -0.15) is 0 Å². The SMILES string of the molecule is COc1ccc(NC(=O)C(CC(C)C)(CC(C)C)OC)cn1. The van der Waals surface area contributed by atoms with Gasteiger partial charge in [-0.05, 0) is 30.7 Å². The summed E-state index contributed by atoms with van der Waals surface area (Å²) in [5.41, 5.74) is -0.179. The standard InChI is InChI=1S/C17H28N2O3/c1-12(2)9-17(22-6,10-13(3)4)16(20)19-14-7-8-15(21-5)18-11-14/h7-8,11-13H,9-10H2,1-6H3,(H,19,20). The van der Waals surface area contributed by atoms with E-state index in [1.54, 1.807) is 32.5 Å². The molecule has 1 rings (SSSR count). The van der Waals surface area contributed by atoms with Crippen molar-refractivity contribution < 1.29 is 14.3 Å². The van der Waals surface area contributed by atoms with Gasteiger partial charge in [-0.25, -0.2) is 4.98 Å². The minimum absolute atomic E-state index is 0.121. The lowest BCUT2D eigenvalue weighted by atomic mass is 9.84. The van der Waals surface area contributed by atoms with Crippen molar-refractivity contribution in [1.82, 2.24) is 4.98 Å². The van der Waals surface area contributed by atoms with E-state index >= 15 is 0 Å². The minimum atomic E-state index is -0.817. The molecule has 0 radical (unpaired) electrons. The lowest BCUT2D eigenvalue weighted by molar-refractivity contribution is -0.142. The number of amides is 1. The van der Waals surface area contributed by atoms with Crippen LogP contribution in [0, 0.1) is 11.8 Å². The summed E-state index contributed by atoms with van der Waals surface area (Å²) in [5, 5.41) is 2.91. The van der Waals surface area contributed by atoms with Crippen LogP contribution in [0.1, 0.15) is 40.5 Å². The van der Waals surface area contributed by atoms with E-state index in [1.165, 1.54) is 0 Å². The number of carbonyl (C=O) groups is 1. The first-order valence-electron chi connectivity index (χ1n) is 7.69. The first kappa shape index (κ1) is 18.4. The van der Waals surface area contributed by atoms with Crippen molar-refractivity contribution in [2.45, 2.75) is 46.1 Å². The van der Waals surface area contributed by atoms with Gasteiger partial charge < -0.3 is 14.8 Å². The fourth-order valence-electron chi connectivity index (χ4n) is 2.67. The maximum Gasteiger partial charge on any atom is 0.256 e. The number of hydrogen-bond acceptors (Lipinski definition) is 4. The van der Waals surface area contributed by atoms with E-state index < -0.39 is 5.60 Å². The Labute approximate surface area is 133 Å². The minimum Gasteiger partial charge on any atom is -0.481 e. The van der Waals surface area contributed by atoms with Crippen LogP contribution in [0.5, 0.6) is 5.88 Å². The third-order valence-electron chi connectivity index (χ3n) is 3.48. The van der Waals surface area contributed by atoms with Crippen molar-refractivity contribution in [3.63, 3.8) is 0 Å². The predicted octanol–water partition coefficient (Wildman–Crippen LogP) is 3.51. The highest BCUT2D eigenvalue weighted by Gasteiger charge is 2.39. The molecule has 5 heteroatoms. The maximum absolute atomic E-state index is 12.8. The smallest absolute Gasteiger partial charge is 0.256 e. The molecule has 0 aliphatic rings. The molecule has 0 aromatic carbocycles. The van der Waals surface area contributed by atoms with Crippen LogP contribution in [0.4, 0.5) is 5.69 Å². The molecule has 0 aliphatic heterocycles. The van der Waals surface area contributed by atoms with Crippen LogP contribution in [-0.4, -0.2) is 30.7 Å². The Kier molecular flexibility index (Phi) is 6.81. The maximum atomic E-state index is 12.8.